The highest BCUT2D eigenvalue weighted by molar-refractivity contribution is 9.10. The van der Waals surface area contributed by atoms with Crippen molar-refractivity contribution in [2.75, 3.05) is 4.90 Å². The number of rotatable bonds is 4. The predicted molar refractivity (Wildman–Crippen MR) is 112 cm³/mol. The summed E-state index contributed by atoms with van der Waals surface area (Å²) in [6.45, 7) is 4.47. The van der Waals surface area contributed by atoms with Gasteiger partial charge in [-0.15, -0.1) is 11.3 Å². The molecule has 0 N–H and O–H groups in total. The summed E-state index contributed by atoms with van der Waals surface area (Å²) in [4.78, 5) is 19.4. The minimum atomic E-state index is -0.444. The molecule has 1 unspecified atom stereocenters. The first kappa shape index (κ1) is 18.2. The van der Waals surface area contributed by atoms with Crippen LogP contribution in [0.3, 0.4) is 0 Å². The van der Waals surface area contributed by atoms with Crippen LogP contribution in [0, 0.1) is 6.92 Å². The van der Waals surface area contributed by atoms with Crippen molar-refractivity contribution in [3.05, 3.63) is 62.9 Å². The van der Waals surface area contributed by atoms with Crippen molar-refractivity contribution in [2.24, 2.45) is 0 Å². The molecule has 0 saturated heterocycles. The lowest BCUT2D eigenvalue weighted by atomic mass is 10.1. The number of carbonyl (C=O) groups excluding carboxylic acids is 1. The molecule has 1 aromatic heterocycles. The Bertz CT molecular complexity index is 984. The van der Waals surface area contributed by atoms with E-state index in [1.165, 1.54) is 0 Å². The van der Waals surface area contributed by atoms with Crippen LogP contribution in [0.4, 0.5) is 5.69 Å². The summed E-state index contributed by atoms with van der Waals surface area (Å²) < 4.78 is 6.98. The Labute approximate surface area is 170 Å². The maximum atomic E-state index is 13.0. The molecule has 6 heteroatoms. The van der Waals surface area contributed by atoms with E-state index in [4.69, 9.17) is 4.74 Å². The third-order valence-electron chi connectivity index (χ3n) is 4.60. The second-order valence-corrected chi connectivity index (χ2v) is 8.48. The molecular weight excluding hydrogens is 424 g/mol. The summed E-state index contributed by atoms with van der Waals surface area (Å²) >= 11 is 5.08. The minimum Gasteiger partial charge on any atom is -0.478 e. The number of anilines is 1. The Balaban J connectivity index is 1.75. The van der Waals surface area contributed by atoms with Crippen molar-refractivity contribution in [2.45, 2.75) is 32.9 Å². The summed E-state index contributed by atoms with van der Waals surface area (Å²) in [5, 5.41) is 3.06. The van der Waals surface area contributed by atoms with Gasteiger partial charge in [-0.1, -0.05) is 35.0 Å². The first-order valence-electron chi connectivity index (χ1n) is 8.84. The number of nitrogens with zero attached hydrogens (tertiary/aromatic N) is 2. The van der Waals surface area contributed by atoms with E-state index in [0.29, 0.717) is 13.0 Å². The molecule has 1 aliphatic heterocycles. The average Bonchev–Trinajstić information content (AvgIpc) is 3.11. The van der Waals surface area contributed by atoms with E-state index in [1.807, 2.05) is 66.6 Å². The third kappa shape index (κ3) is 3.64. The number of halogens is 1. The van der Waals surface area contributed by atoms with Crippen molar-refractivity contribution < 1.29 is 9.53 Å². The third-order valence-corrected chi connectivity index (χ3v) is 5.90. The Kier molecular flexibility index (Phi) is 5.02. The van der Waals surface area contributed by atoms with Gasteiger partial charge in [0.1, 0.15) is 5.75 Å². The van der Waals surface area contributed by atoms with Gasteiger partial charge in [0.25, 0.3) is 5.91 Å². The van der Waals surface area contributed by atoms with E-state index < -0.39 is 6.10 Å². The minimum absolute atomic E-state index is 0.000438. The second kappa shape index (κ2) is 7.44. The number of aromatic nitrogens is 1. The smallest absolute Gasteiger partial charge is 0.268 e. The van der Waals surface area contributed by atoms with Crippen LogP contribution in [0.25, 0.3) is 11.3 Å². The van der Waals surface area contributed by atoms with E-state index in [-0.39, 0.29) is 5.91 Å². The SMILES string of the molecule is CCC1Oc2ccc(-c3csc(C)n3)cc2N(Cc2ccc(Br)cc2)C1=O. The van der Waals surface area contributed by atoms with Gasteiger partial charge < -0.3 is 9.64 Å². The second-order valence-electron chi connectivity index (χ2n) is 6.50. The highest BCUT2D eigenvalue weighted by Gasteiger charge is 2.33. The fourth-order valence-corrected chi connectivity index (χ4v) is 4.06. The molecule has 4 nitrogen and oxygen atoms in total. The molecule has 2 heterocycles. The van der Waals surface area contributed by atoms with Crippen LogP contribution >= 0.6 is 27.3 Å². The van der Waals surface area contributed by atoms with Crippen molar-refractivity contribution in [3.8, 4) is 17.0 Å². The highest BCUT2D eigenvalue weighted by atomic mass is 79.9. The molecule has 0 spiro atoms. The van der Waals surface area contributed by atoms with Crippen molar-refractivity contribution >= 4 is 38.9 Å². The van der Waals surface area contributed by atoms with Crippen molar-refractivity contribution in [1.82, 2.24) is 4.98 Å². The quantitative estimate of drug-likeness (QED) is 0.528. The van der Waals surface area contributed by atoms with Gasteiger partial charge in [0.2, 0.25) is 0 Å². The van der Waals surface area contributed by atoms with Crippen LogP contribution in [-0.2, 0) is 11.3 Å². The van der Waals surface area contributed by atoms with Gasteiger partial charge in [-0.2, -0.15) is 0 Å². The lowest BCUT2D eigenvalue weighted by molar-refractivity contribution is -0.126. The number of benzene rings is 2. The Morgan fingerprint density at radius 3 is 2.67 bits per heavy atom. The number of hydrogen-bond acceptors (Lipinski definition) is 4. The van der Waals surface area contributed by atoms with Gasteiger partial charge in [0, 0.05) is 15.4 Å². The number of ether oxygens (including phenoxy) is 1. The van der Waals surface area contributed by atoms with Crippen LogP contribution in [0.1, 0.15) is 23.9 Å². The fourth-order valence-electron chi connectivity index (χ4n) is 3.17. The average molecular weight is 443 g/mol. The standard InChI is InChI=1S/C21H19BrN2O2S/c1-3-19-21(25)24(11-14-4-7-16(22)8-5-14)18-10-15(6-9-20(18)26-19)17-12-27-13(2)23-17/h4-10,12,19H,3,11H2,1-2H3. The molecule has 0 saturated carbocycles. The van der Waals surface area contributed by atoms with Gasteiger partial charge in [-0.05, 0) is 49.2 Å². The van der Waals surface area contributed by atoms with E-state index in [0.717, 1.165) is 37.7 Å². The summed E-state index contributed by atoms with van der Waals surface area (Å²) in [6, 6.07) is 14.0. The zero-order valence-corrected chi connectivity index (χ0v) is 17.5. The zero-order valence-electron chi connectivity index (χ0n) is 15.1. The lowest BCUT2D eigenvalue weighted by Crippen LogP contribution is -2.45. The molecule has 27 heavy (non-hydrogen) atoms. The number of aryl methyl sites for hydroxylation is 1. The molecule has 0 radical (unpaired) electrons. The highest BCUT2D eigenvalue weighted by Crippen LogP contribution is 2.39. The maximum absolute atomic E-state index is 13.0. The molecule has 0 aliphatic carbocycles. The summed E-state index contributed by atoms with van der Waals surface area (Å²) in [5.41, 5.74) is 3.79. The number of fused-ring (bicyclic) bond motifs is 1. The molecule has 3 aromatic rings. The first-order valence-corrected chi connectivity index (χ1v) is 10.5. The first-order chi connectivity index (χ1) is 13.0. The van der Waals surface area contributed by atoms with E-state index in [9.17, 15) is 4.79 Å². The molecule has 1 amide bonds. The van der Waals surface area contributed by atoms with Crippen LogP contribution in [0.15, 0.2) is 52.3 Å². The fraction of sp³-hybridized carbons (Fsp3) is 0.238. The number of thiazole rings is 1. The summed E-state index contributed by atoms with van der Waals surface area (Å²) in [6.07, 6.45) is 0.197. The largest absolute Gasteiger partial charge is 0.478 e. The Morgan fingerprint density at radius 1 is 1.22 bits per heavy atom. The molecular formula is C21H19BrN2O2S. The lowest BCUT2D eigenvalue weighted by Gasteiger charge is -2.34. The van der Waals surface area contributed by atoms with Gasteiger partial charge in [-0.25, -0.2) is 4.98 Å². The van der Waals surface area contributed by atoms with Crippen molar-refractivity contribution in [1.29, 1.82) is 0 Å². The van der Waals surface area contributed by atoms with E-state index >= 15 is 0 Å². The zero-order chi connectivity index (χ0) is 19.0. The van der Waals surface area contributed by atoms with Crippen molar-refractivity contribution in [3.63, 3.8) is 0 Å². The monoisotopic (exact) mass is 442 g/mol. The molecule has 1 aliphatic rings. The van der Waals surface area contributed by atoms with Crippen LogP contribution in [-0.4, -0.2) is 17.0 Å². The molecule has 0 bridgehead atoms. The Hall–Kier alpha value is -2.18. The molecule has 2 aromatic carbocycles. The molecule has 138 valence electrons. The maximum Gasteiger partial charge on any atom is 0.268 e. The van der Waals surface area contributed by atoms with Gasteiger partial charge in [0.15, 0.2) is 6.10 Å². The number of hydrogen-bond donors (Lipinski definition) is 0. The van der Waals surface area contributed by atoms with E-state index in [2.05, 4.69) is 20.9 Å². The van der Waals surface area contributed by atoms with Gasteiger partial charge >= 0.3 is 0 Å². The molecule has 1 atom stereocenters. The number of carbonyl (C=O) groups is 1. The van der Waals surface area contributed by atoms with Crippen LogP contribution in [0.5, 0.6) is 5.75 Å². The molecule has 0 fully saturated rings. The predicted octanol–water partition coefficient (Wildman–Crippen LogP) is 5.59. The van der Waals surface area contributed by atoms with E-state index in [1.54, 1.807) is 11.3 Å². The summed E-state index contributed by atoms with van der Waals surface area (Å²) in [7, 11) is 0. The topological polar surface area (TPSA) is 42.4 Å². The Morgan fingerprint density at radius 2 is 2.00 bits per heavy atom. The summed E-state index contributed by atoms with van der Waals surface area (Å²) in [5.74, 6) is 0.744. The normalized spacial score (nSPS) is 16.2. The van der Waals surface area contributed by atoms with Crippen LogP contribution in [0.2, 0.25) is 0 Å². The number of amides is 1. The van der Waals surface area contributed by atoms with Crippen LogP contribution < -0.4 is 9.64 Å². The molecule has 4 rings (SSSR count). The van der Waals surface area contributed by atoms with Gasteiger partial charge in [-0.3, -0.25) is 4.79 Å². The van der Waals surface area contributed by atoms with Gasteiger partial charge in [0.05, 0.1) is 22.9 Å².